The Kier molecular flexibility index (Phi) is 6.50. The van der Waals surface area contributed by atoms with Gasteiger partial charge in [0.2, 0.25) is 0 Å². The normalized spacial score (nSPS) is 12.7. The van der Waals surface area contributed by atoms with Crippen molar-refractivity contribution >= 4 is 9.76 Å². The molecule has 19 heavy (non-hydrogen) atoms. The Bertz CT molecular complexity index is 383. The summed E-state index contributed by atoms with van der Waals surface area (Å²) < 4.78 is 42.1. The zero-order valence-corrected chi connectivity index (χ0v) is 11.8. The van der Waals surface area contributed by atoms with E-state index >= 15 is 0 Å². The number of aliphatic hydroxyl groups excluding tert-OH is 1. The van der Waals surface area contributed by atoms with Crippen molar-refractivity contribution in [3.8, 4) is 0 Å². The third-order valence-corrected chi connectivity index (χ3v) is 3.95. The molecule has 0 bridgehead atoms. The first-order chi connectivity index (χ1) is 8.89. The van der Waals surface area contributed by atoms with Crippen LogP contribution in [0.15, 0.2) is 24.3 Å². The van der Waals surface area contributed by atoms with Gasteiger partial charge in [0.1, 0.15) is 0 Å². The summed E-state index contributed by atoms with van der Waals surface area (Å²) >= 11 is 0. The maximum Gasteiger partial charge on any atom is 0.416 e. The highest BCUT2D eigenvalue weighted by atomic mass is 28.2. The first-order valence-electron chi connectivity index (χ1n) is 6.03. The topological polar surface area (TPSA) is 49.7 Å². The van der Waals surface area contributed by atoms with Crippen molar-refractivity contribution in [3.05, 3.63) is 35.4 Å². The van der Waals surface area contributed by atoms with Crippen LogP contribution >= 0.6 is 0 Å². The van der Waals surface area contributed by atoms with Gasteiger partial charge in [0, 0.05) is 0 Å². The number of alkyl halides is 3. The molecule has 2 N–H and O–H groups in total. The summed E-state index contributed by atoms with van der Waals surface area (Å²) in [4.78, 5) is 0. The van der Waals surface area contributed by atoms with Crippen molar-refractivity contribution < 1.29 is 27.8 Å². The fraction of sp³-hybridized carbons (Fsp3) is 0.500. The molecule has 0 aliphatic carbocycles. The highest BCUT2D eigenvalue weighted by Gasteiger charge is 2.30. The minimum absolute atomic E-state index is 0.583. The lowest BCUT2D eigenvalue weighted by Crippen LogP contribution is -2.13. The Hall–Kier alpha value is -0.893. The molecule has 0 fully saturated rings. The lowest BCUT2D eigenvalue weighted by Gasteiger charge is -2.09. The molecule has 1 rings (SSSR count). The molecular formula is C12H17F3O3Si. The van der Waals surface area contributed by atoms with E-state index in [9.17, 15) is 13.2 Å². The number of halogens is 3. The van der Waals surface area contributed by atoms with Gasteiger partial charge in [-0.1, -0.05) is 24.6 Å². The van der Waals surface area contributed by atoms with Crippen molar-refractivity contribution in [3.63, 3.8) is 0 Å². The summed E-state index contributed by atoms with van der Waals surface area (Å²) in [5.74, 6) is 0. The molecule has 0 unspecified atom stereocenters. The second-order valence-corrected chi connectivity index (χ2v) is 5.65. The predicted octanol–water partition coefficient (Wildman–Crippen LogP) is 1.81. The molecule has 0 atom stereocenters. The molecule has 0 aromatic heterocycles. The van der Waals surface area contributed by atoms with E-state index in [1.165, 1.54) is 12.1 Å². The fourth-order valence-corrected chi connectivity index (χ4v) is 2.64. The third kappa shape index (κ3) is 6.72. The SMILES string of the molecule is OC(O)O[SiH2]CCCCc1cccc(C(F)(F)F)c1. The van der Waals surface area contributed by atoms with Gasteiger partial charge in [-0.05, 0) is 30.5 Å². The average molecular weight is 294 g/mol. The molecule has 3 nitrogen and oxygen atoms in total. The van der Waals surface area contributed by atoms with Crippen LogP contribution in [0.1, 0.15) is 24.0 Å². The second-order valence-electron chi connectivity index (χ2n) is 4.21. The minimum Gasteiger partial charge on any atom is -0.379 e. The molecule has 1 aromatic rings. The summed E-state index contributed by atoms with van der Waals surface area (Å²) in [7, 11) is -0.947. The summed E-state index contributed by atoms with van der Waals surface area (Å²) in [6.45, 7) is -1.70. The van der Waals surface area contributed by atoms with Crippen LogP contribution in [-0.4, -0.2) is 26.5 Å². The molecule has 0 aliphatic heterocycles. The third-order valence-electron chi connectivity index (χ3n) is 2.63. The largest absolute Gasteiger partial charge is 0.416 e. The number of aryl methyl sites for hydroxylation is 1. The summed E-state index contributed by atoms with van der Waals surface area (Å²) in [6.07, 6.45) is -2.14. The summed E-state index contributed by atoms with van der Waals surface area (Å²) in [5.41, 5.74) is 0.0470. The van der Waals surface area contributed by atoms with E-state index in [0.29, 0.717) is 12.0 Å². The van der Waals surface area contributed by atoms with Gasteiger partial charge < -0.3 is 14.6 Å². The van der Waals surface area contributed by atoms with Gasteiger partial charge in [-0.15, -0.1) is 0 Å². The van der Waals surface area contributed by atoms with Gasteiger partial charge in [0.25, 0.3) is 6.48 Å². The molecule has 1 aromatic carbocycles. The van der Waals surface area contributed by atoms with E-state index in [0.717, 1.165) is 25.0 Å². The molecule has 0 amide bonds. The van der Waals surface area contributed by atoms with Crippen molar-refractivity contribution in [2.45, 2.75) is 38.0 Å². The molecule has 0 spiro atoms. The predicted molar refractivity (Wildman–Crippen MR) is 67.0 cm³/mol. The number of unbranched alkanes of at least 4 members (excludes halogenated alkanes) is 1. The van der Waals surface area contributed by atoms with E-state index in [4.69, 9.17) is 10.2 Å². The van der Waals surface area contributed by atoms with Gasteiger partial charge in [0.05, 0.1) is 5.56 Å². The smallest absolute Gasteiger partial charge is 0.379 e. The summed E-state index contributed by atoms with van der Waals surface area (Å²) in [6, 6.07) is 6.10. The lowest BCUT2D eigenvalue weighted by atomic mass is 10.1. The van der Waals surface area contributed by atoms with Crippen molar-refractivity contribution in [1.29, 1.82) is 0 Å². The van der Waals surface area contributed by atoms with Crippen LogP contribution in [0.4, 0.5) is 13.2 Å². The van der Waals surface area contributed by atoms with E-state index in [-0.39, 0.29) is 0 Å². The first kappa shape index (κ1) is 16.2. The molecule has 0 saturated carbocycles. The van der Waals surface area contributed by atoms with E-state index in [1.807, 2.05) is 0 Å². The molecule has 0 aliphatic rings. The maximum absolute atomic E-state index is 12.5. The fourth-order valence-electron chi connectivity index (χ4n) is 1.70. The van der Waals surface area contributed by atoms with Crippen LogP contribution in [0.5, 0.6) is 0 Å². The molecule has 108 valence electrons. The Morgan fingerprint density at radius 2 is 1.95 bits per heavy atom. The molecule has 7 heteroatoms. The summed E-state index contributed by atoms with van der Waals surface area (Å²) in [5, 5.41) is 16.9. The number of hydrogen-bond acceptors (Lipinski definition) is 3. The van der Waals surface area contributed by atoms with Crippen LogP contribution in [0.2, 0.25) is 6.04 Å². The van der Waals surface area contributed by atoms with Gasteiger partial charge in [-0.25, -0.2) is 0 Å². The average Bonchev–Trinajstić information content (AvgIpc) is 2.32. The zero-order valence-electron chi connectivity index (χ0n) is 10.4. The van der Waals surface area contributed by atoms with E-state index in [2.05, 4.69) is 4.43 Å². The number of aliphatic hydroxyl groups is 2. The molecular weight excluding hydrogens is 277 g/mol. The van der Waals surface area contributed by atoms with Crippen LogP contribution < -0.4 is 0 Å². The van der Waals surface area contributed by atoms with Crippen molar-refractivity contribution in [1.82, 2.24) is 0 Å². The van der Waals surface area contributed by atoms with Gasteiger partial charge in [-0.2, -0.15) is 13.2 Å². The highest BCUT2D eigenvalue weighted by molar-refractivity contribution is 6.26. The standard InChI is InChI=1S/C12H17F3O3Si/c13-12(14,15)10-6-3-5-9(8-10)4-1-2-7-19-18-11(16)17/h3,5-6,8,11,16-17H,1-2,4,7,19H2. The Morgan fingerprint density at radius 1 is 1.21 bits per heavy atom. The van der Waals surface area contributed by atoms with E-state index < -0.39 is 28.0 Å². The van der Waals surface area contributed by atoms with Crippen LogP contribution in [0.25, 0.3) is 0 Å². The Balaban J connectivity index is 2.30. The lowest BCUT2D eigenvalue weighted by molar-refractivity contribution is -0.180. The first-order valence-corrected chi connectivity index (χ1v) is 7.61. The number of hydrogen-bond donors (Lipinski definition) is 2. The monoisotopic (exact) mass is 294 g/mol. The molecule has 0 saturated heterocycles. The highest BCUT2D eigenvalue weighted by Crippen LogP contribution is 2.29. The quantitative estimate of drug-likeness (QED) is 0.458. The van der Waals surface area contributed by atoms with Crippen LogP contribution in [-0.2, 0) is 17.0 Å². The number of rotatable bonds is 7. The van der Waals surface area contributed by atoms with E-state index in [1.54, 1.807) is 6.07 Å². The Labute approximate surface area is 112 Å². The van der Waals surface area contributed by atoms with Gasteiger partial charge >= 0.3 is 6.18 Å². The molecule has 0 radical (unpaired) electrons. The number of benzene rings is 1. The maximum atomic E-state index is 12.5. The van der Waals surface area contributed by atoms with Crippen LogP contribution in [0.3, 0.4) is 0 Å². The zero-order chi connectivity index (χ0) is 14.3. The van der Waals surface area contributed by atoms with Gasteiger partial charge in [0.15, 0.2) is 9.76 Å². The Morgan fingerprint density at radius 3 is 2.58 bits per heavy atom. The van der Waals surface area contributed by atoms with Gasteiger partial charge in [-0.3, -0.25) is 0 Å². The molecule has 0 heterocycles. The second kappa shape index (κ2) is 7.64. The van der Waals surface area contributed by atoms with Crippen molar-refractivity contribution in [2.75, 3.05) is 0 Å². The van der Waals surface area contributed by atoms with Crippen molar-refractivity contribution in [2.24, 2.45) is 0 Å². The minimum atomic E-state index is -4.30. The van der Waals surface area contributed by atoms with Crippen LogP contribution in [0, 0.1) is 0 Å².